The molecule has 1 aromatic carbocycles. The van der Waals surface area contributed by atoms with E-state index in [-0.39, 0.29) is 11.6 Å². The van der Waals surface area contributed by atoms with Crippen LogP contribution in [0.25, 0.3) is 0 Å². The highest BCUT2D eigenvalue weighted by Crippen LogP contribution is 2.27. The number of pyridine rings is 1. The number of benzene rings is 1. The van der Waals surface area contributed by atoms with Crippen LogP contribution in [0, 0.1) is 5.92 Å². The van der Waals surface area contributed by atoms with Crippen molar-refractivity contribution in [2.75, 3.05) is 19.0 Å². The molecule has 0 aliphatic carbocycles. The van der Waals surface area contributed by atoms with Crippen LogP contribution in [0.1, 0.15) is 41.1 Å². The molecule has 1 heterocycles. The van der Waals surface area contributed by atoms with Crippen LogP contribution >= 0.6 is 11.6 Å². The number of hydrogen-bond acceptors (Lipinski definition) is 4. The van der Waals surface area contributed by atoms with E-state index in [4.69, 9.17) is 16.3 Å². The van der Waals surface area contributed by atoms with Gasteiger partial charge in [0, 0.05) is 24.0 Å². The van der Waals surface area contributed by atoms with E-state index in [0.29, 0.717) is 34.5 Å². The van der Waals surface area contributed by atoms with Crippen molar-refractivity contribution in [2.24, 2.45) is 5.92 Å². The van der Waals surface area contributed by atoms with E-state index in [1.54, 1.807) is 24.3 Å². The van der Waals surface area contributed by atoms with E-state index in [1.807, 2.05) is 0 Å². The van der Waals surface area contributed by atoms with Crippen LogP contribution in [0.5, 0.6) is 5.75 Å². The van der Waals surface area contributed by atoms with Gasteiger partial charge in [0.05, 0.1) is 12.1 Å². The minimum atomic E-state index is -0.428. The highest BCUT2D eigenvalue weighted by Gasteiger charge is 2.13. The average Bonchev–Trinajstić information content (AvgIpc) is 2.61. The lowest BCUT2D eigenvalue weighted by molar-refractivity contribution is 0.0952. The van der Waals surface area contributed by atoms with Gasteiger partial charge in [0.15, 0.2) is 0 Å². The van der Waals surface area contributed by atoms with Crippen molar-refractivity contribution in [2.45, 2.75) is 20.3 Å². The largest absolute Gasteiger partial charge is 0.495 e. The molecule has 7 heteroatoms. The molecule has 0 fully saturated rings. The third-order valence-corrected chi connectivity index (χ3v) is 3.97. The van der Waals surface area contributed by atoms with E-state index >= 15 is 0 Å². The van der Waals surface area contributed by atoms with E-state index in [0.717, 1.165) is 6.42 Å². The predicted molar refractivity (Wildman–Crippen MR) is 102 cm³/mol. The molecule has 0 spiro atoms. The third kappa shape index (κ3) is 5.46. The van der Waals surface area contributed by atoms with Crippen LogP contribution < -0.4 is 15.4 Å². The molecule has 2 N–H and O–H groups in total. The van der Waals surface area contributed by atoms with E-state index in [1.165, 1.54) is 19.4 Å². The first kappa shape index (κ1) is 19.7. The fourth-order valence-corrected chi connectivity index (χ4v) is 2.47. The molecule has 0 radical (unpaired) electrons. The van der Waals surface area contributed by atoms with Crippen LogP contribution in [0.3, 0.4) is 0 Å². The first-order valence-corrected chi connectivity index (χ1v) is 8.67. The van der Waals surface area contributed by atoms with Gasteiger partial charge >= 0.3 is 0 Å². The number of nitrogens with one attached hydrogen (secondary N) is 2. The smallest absolute Gasteiger partial charge is 0.274 e. The molecule has 1 aromatic heterocycles. The number of aromatic nitrogens is 1. The van der Waals surface area contributed by atoms with Gasteiger partial charge in [-0.3, -0.25) is 14.6 Å². The molecule has 138 valence electrons. The molecule has 0 aliphatic heterocycles. The Balaban J connectivity index is 2.05. The van der Waals surface area contributed by atoms with E-state index in [2.05, 4.69) is 29.5 Å². The topological polar surface area (TPSA) is 80.3 Å². The summed E-state index contributed by atoms with van der Waals surface area (Å²) in [4.78, 5) is 28.6. The maximum absolute atomic E-state index is 12.4. The second-order valence-corrected chi connectivity index (χ2v) is 6.58. The van der Waals surface area contributed by atoms with E-state index in [9.17, 15) is 9.59 Å². The summed E-state index contributed by atoms with van der Waals surface area (Å²) in [6, 6.07) is 7.95. The van der Waals surface area contributed by atoms with Crippen molar-refractivity contribution < 1.29 is 14.3 Å². The highest BCUT2D eigenvalue weighted by molar-refractivity contribution is 6.32. The normalized spacial score (nSPS) is 10.5. The second kappa shape index (κ2) is 9.20. The average molecular weight is 376 g/mol. The Morgan fingerprint density at radius 2 is 1.96 bits per heavy atom. The quantitative estimate of drug-likeness (QED) is 0.771. The number of nitrogens with zero attached hydrogens (tertiary/aromatic N) is 1. The molecule has 2 amide bonds. The minimum Gasteiger partial charge on any atom is -0.495 e. The van der Waals surface area contributed by atoms with Crippen molar-refractivity contribution in [1.29, 1.82) is 0 Å². The number of anilines is 1. The van der Waals surface area contributed by atoms with Gasteiger partial charge in [-0.1, -0.05) is 25.4 Å². The van der Waals surface area contributed by atoms with E-state index < -0.39 is 5.91 Å². The maximum Gasteiger partial charge on any atom is 0.274 e. The Hall–Kier alpha value is -2.60. The molecule has 0 bridgehead atoms. The second-order valence-electron chi connectivity index (χ2n) is 6.17. The molecule has 2 rings (SSSR count). The third-order valence-electron chi connectivity index (χ3n) is 3.67. The van der Waals surface area contributed by atoms with Gasteiger partial charge < -0.3 is 15.4 Å². The Morgan fingerprint density at radius 3 is 2.62 bits per heavy atom. The number of ether oxygens (including phenoxy) is 1. The summed E-state index contributed by atoms with van der Waals surface area (Å²) in [5.41, 5.74) is 1.05. The Morgan fingerprint density at radius 1 is 1.19 bits per heavy atom. The lowest BCUT2D eigenvalue weighted by Gasteiger charge is -2.09. The first-order valence-electron chi connectivity index (χ1n) is 8.30. The predicted octanol–water partition coefficient (Wildman–Crippen LogP) is 3.77. The Labute approximate surface area is 157 Å². The number of rotatable bonds is 7. The summed E-state index contributed by atoms with van der Waals surface area (Å²) < 4.78 is 5.08. The summed E-state index contributed by atoms with van der Waals surface area (Å²) in [7, 11) is 1.51. The first-order chi connectivity index (χ1) is 12.4. The van der Waals surface area contributed by atoms with Gasteiger partial charge in [-0.05, 0) is 42.7 Å². The van der Waals surface area contributed by atoms with Crippen LogP contribution in [-0.2, 0) is 0 Å². The number of carbonyl (C=O) groups is 2. The minimum absolute atomic E-state index is 0.147. The molecule has 26 heavy (non-hydrogen) atoms. The lowest BCUT2D eigenvalue weighted by atomic mass is 10.1. The molecule has 0 atom stereocenters. The van der Waals surface area contributed by atoms with Crippen molar-refractivity contribution in [3.05, 3.63) is 52.8 Å². The van der Waals surface area contributed by atoms with Gasteiger partial charge in [0.2, 0.25) is 0 Å². The van der Waals surface area contributed by atoms with Gasteiger partial charge in [-0.25, -0.2) is 0 Å². The van der Waals surface area contributed by atoms with Crippen LogP contribution in [-0.4, -0.2) is 30.5 Å². The fourth-order valence-electron chi connectivity index (χ4n) is 2.21. The van der Waals surface area contributed by atoms with Gasteiger partial charge in [-0.2, -0.15) is 0 Å². The molecule has 6 nitrogen and oxygen atoms in total. The van der Waals surface area contributed by atoms with Gasteiger partial charge in [0.25, 0.3) is 11.8 Å². The van der Waals surface area contributed by atoms with Crippen molar-refractivity contribution in [3.8, 4) is 5.75 Å². The number of hydrogen-bond donors (Lipinski definition) is 2. The molecule has 2 aromatic rings. The summed E-state index contributed by atoms with van der Waals surface area (Å²) in [6.45, 7) is 4.77. The molecule has 0 saturated heterocycles. The molecule has 0 saturated carbocycles. The number of amides is 2. The summed E-state index contributed by atoms with van der Waals surface area (Å²) in [5, 5.41) is 5.92. The molecule has 0 unspecified atom stereocenters. The van der Waals surface area contributed by atoms with Crippen molar-refractivity contribution in [1.82, 2.24) is 10.3 Å². The standard InChI is InChI=1S/C19H22ClN3O3/c1-12(2)6-8-22-18(24)13-7-9-21-16(10-13)19(25)23-14-4-5-17(26-3)15(20)11-14/h4-5,7,9-12H,6,8H2,1-3H3,(H,22,24)(H,23,25). The molecular formula is C19H22ClN3O3. The van der Waals surface area contributed by atoms with Crippen LogP contribution in [0.15, 0.2) is 36.5 Å². The fraction of sp³-hybridized carbons (Fsp3) is 0.316. The summed E-state index contributed by atoms with van der Waals surface area (Å²) in [6.07, 6.45) is 2.33. The number of halogens is 1. The van der Waals surface area contributed by atoms with Crippen LogP contribution in [0.4, 0.5) is 5.69 Å². The highest BCUT2D eigenvalue weighted by atomic mass is 35.5. The van der Waals surface area contributed by atoms with Crippen molar-refractivity contribution in [3.63, 3.8) is 0 Å². The van der Waals surface area contributed by atoms with Crippen LogP contribution in [0.2, 0.25) is 5.02 Å². The van der Waals surface area contributed by atoms with Gasteiger partial charge in [-0.15, -0.1) is 0 Å². The summed E-state index contributed by atoms with van der Waals surface area (Å²) in [5.74, 6) is 0.367. The number of carbonyl (C=O) groups excluding carboxylic acids is 2. The summed E-state index contributed by atoms with van der Waals surface area (Å²) >= 11 is 6.05. The molecular weight excluding hydrogens is 354 g/mol. The lowest BCUT2D eigenvalue weighted by Crippen LogP contribution is -2.26. The van der Waals surface area contributed by atoms with Gasteiger partial charge in [0.1, 0.15) is 11.4 Å². The van der Waals surface area contributed by atoms with Crippen molar-refractivity contribution >= 4 is 29.1 Å². The zero-order valence-corrected chi connectivity index (χ0v) is 15.8. The maximum atomic E-state index is 12.4. The monoisotopic (exact) mass is 375 g/mol. The Kier molecular flexibility index (Phi) is 6.97. The zero-order chi connectivity index (χ0) is 19.1. The zero-order valence-electron chi connectivity index (χ0n) is 15.0. The SMILES string of the molecule is COc1ccc(NC(=O)c2cc(C(=O)NCCC(C)C)ccn2)cc1Cl. The molecule has 0 aliphatic rings. The number of methoxy groups -OCH3 is 1. The Bertz CT molecular complexity index is 793.